The van der Waals surface area contributed by atoms with E-state index in [1.165, 1.54) is 6.33 Å². The van der Waals surface area contributed by atoms with Crippen molar-refractivity contribution in [3.63, 3.8) is 0 Å². The van der Waals surface area contributed by atoms with E-state index in [4.69, 9.17) is 16.3 Å². The van der Waals surface area contributed by atoms with Crippen molar-refractivity contribution < 1.29 is 4.74 Å². The number of halogens is 1. The second kappa shape index (κ2) is 7.40. The summed E-state index contributed by atoms with van der Waals surface area (Å²) in [6.07, 6.45) is 4.31. The number of aryl methyl sites for hydroxylation is 1. The molecule has 2 aromatic rings. The Bertz CT molecular complexity index is 781. The Hall–Kier alpha value is -1.79. The molecule has 0 spiro atoms. The van der Waals surface area contributed by atoms with E-state index in [9.17, 15) is 0 Å². The highest BCUT2D eigenvalue weighted by Crippen LogP contribution is 2.35. The summed E-state index contributed by atoms with van der Waals surface area (Å²) in [7, 11) is 0. The van der Waals surface area contributed by atoms with Crippen molar-refractivity contribution in [3.8, 4) is 5.75 Å². The minimum absolute atomic E-state index is 0.0299. The number of aromatic nitrogens is 2. The molecule has 1 unspecified atom stereocenters. The zero-order chi connectivity index (χ0) is 17.1. The highest BCUT2D eigenvalue weighted by Gasteiger charge is 2.16. The lowest BCUT2D eigenvalue weighted by molar-refractivity contribution is 0.375. The summed E-state index contributed by atoms with van der Waals surface area (Å²) in [6.45, 7) is 4.62. The minimum atomic E-state index is 0.0299. The molecule has 2 heterocycles. The van der Waals surface area contributed by atoms with Gasteiger partial charge in [-0.25, -0.2) is 15.0 Å². The quantitative estimate of drug-likeness (QED) is 0.857. The van der Waals surface area contributed by atoms with Gasteiger partial charge < -0.3 is 10.1 Å². The second-order valence-corrected chi connectivity index (χ2v) is 6.69. The molecule has 0 radical (unpaired) electrons. The highest BCUT2D eigenvalue weighted by molar-refractivity contribution is 8.13. The highest BCUT2D eigenvalue weighted by atomic mass is 35.5. The molecular weight excluding hydrogens is 344 g/mol. The first kappa shape index (κ1) is 17.0. The van der Waals surface area contributed by atoms with Crippen molar-refractivity contribution >= 4 is 39.9 Å². The number of rotatable bonds is 4. The maximum atomic E-state index is 6.36. The van der Waals surface area contributed by atoms with Crippen LogP contribution in [0.4, 0.5) is 11.5 Å². The number of thioether (sulfide) groups is 1. The number of ether oxygens (including phenoxy) is 1. The van der Waals surface area contributed by atoms with Crippen LogP contribution in [0.5, 0.6) is 5.75 Å². The molecule has 0 amide bonds. The topological polar surface area (TPSA) is 59.4 Å². The second-order valence-electron chi connectivity index (χ2n) is 5.43. The minimum Gasteiger partial charge on any atom is -0.484 e. The number of hydrogen-bond donors (Lipinski definition) is 1. The predicted octanol–water partition coefficient (Wildman–Crippen LogP) is 4.65. The van der Waals surface area contributed by atoms with E-state index in [-0.39, 0.29) is 6.04 Å². The molecule has 1 aliphatic heterocycles. The van der Waals surface area contributed by atoms with E-state index in [1.807, 2.05) is 31.4 Å². The van der Waals surface area contributed by atoms with Gasteiger partial charge in [0.05, 0.1) is 11.7 Å². The third-order valence-electron chi connectivity index (χ3n) is 3.86. The summed E-state index contributed by atoms with van der Waals surface area (Å²) >= 11 is 7.97. The maximum absolute atomic E-state index is 6.36. The van der Waals surface area contributed by atoms with Gasteiger partial charge in [-0.3, -0.25) is 0 Å². The van der Waals surface area contributed by atoms with Crippen LogP contribution in [0.2, 0.25) is 5.02 Å². The lowest BCUT2D eigenvalue weighted by Crippen LogP contribution is -2.13. The fourth-order valence-electron chi connectivity index (χ4n) is 2.47. The Balaban J connectivity index is 1.84. The third kappa shape index (κ3) is 3.49. The largest absolute Gasteiger partial charge is 0.484 e. The molecule has 0 saturated carbocycles. The number of fused-ring (bicyclic) bond motifs is 1. The first-order valence-corrected chi connectivity index (χ1v) is 9.36. The molecule has 5 nitrogen and oxygen atoms in total. The van der Waals surface area contributed by atoms with Gasteiger partial charge in [0.2, 0.25) is 0 Å². The molecule has 1 aromatic heterocycles. The molecule has 0 aliphatic carbocycles. The van der Waals surface area contributed by atoms with Gasteiger partial charge in [-0.05, 0) is 37.3 Å². The lowest BCUT2D eigenvalue weighted by atomic mass is 10.1. The average Bonchev–Trinajstić information content (AvgIpc) is 2.62. The van der Waals surface area contributed by atoms with Gasteiger partial charge in [-0.1, -0.05) is 24.6 Å². The van der Waals surface area contributed by atoms with Crippen molar-refractivity contribution in [2.45, 2.75) is 26.3 Å². The van der Waals surface area contributed by atoms with Crippen LogP contribution >= 0.6 is 23.4 Å². The number of nitrogens with zero attached hydrogens (tertiary/aromatic N) is 3. The monoisotopic (exact) mass is 362 g/mol. The van der Waals surface area contributed by atoms with Crippen LogP contribution in [0.1, 0.15) is 31.1 Å². The van der Waals surface area contributed by atoms with Crippen LogP contribution in [-0.4, -0.2) is 27.9 Å². The molecule has 0 saturated heterocycles. The van der Waals surface area contributed by atoms with Gasteiger partial charge in [-0.2, -0.15) is 0 Å². The van der Waals surface area contributed by atoms with Crippen molar-refractivity contribution in [3.05, 3.63) is 40.8 Å². The van der Waals surface area contributed by atoms with Crippen molar-refractivity contribution in [1.29, 1.82) is 0 Å². The predicted molar refractivity (Wildman–Crippen MR) is 101 cm³/mol. The van der Waals surface area contributed by atoms with Crippen molar-refractivity contribution in [2.24, 2.45) is 4.99 Å². The van der Waals surface area contributed by atoms with Gasteiger partial charge in [0.15, 0.2) is 0 Å². The normalized spacial score (nSPS) is 14.4. The van der Waals surface area contributed by atoms with Crippen LogP contribution in [0.25, 0.3) is 0 Å². The smallest absolute Gasteiger partial charge is 0.148 e. The first-order valence-electron chi connectivity index (χ1n) is 7.76. The van der Waals surface area contributed by atoms with Crippen LogP contribution in [0.15, 0.2) is 29.5 Å². The summed E-state index contributed by atoms with van der Waals surface area (Å²) in [4.78, 5) is 13.1. The van der Waals surface area contributed by atoms with E-state index in [2.05, 4.69) is 27.2 Å². The Morgan fingerprint density at radius 2 is 2.21 bits per heavy atom. The molecule has 1 atom stereocenters. The molecule has 126 valence electrons. The standard InChI is InChI=1S/C17H19ClN4OS/c1-4-12-16(18)17(20-9-19-12)21-10(2)11-5-6-14-13(7-11)22-15(24-3)8-23-14/h5-7,9-10H,4,8H2,1-3H3,(H,19,20,21). The zero-order valence-corrected chi connectivity index (χ0v) is 15.4. The fraction of sp³-hybridized carbons (Fsp3) is 0.353. The zero-order valence-electron chi connectivity index (χ0n) is 13.8. The third-order valence-corrected chi connectivity index (χ3v) is 4.94. The summed E-state index contributed by atoms with van der Waals surface area (Å²) in [5, 5.41) is 4.91. The van der Waals surface area contributed by atoms with Crippen molar-refractivity contribution in [2.75, 3.05) is 18.2 Å². The number of anilines is 1. The van der Waals surface area contributed by atoms with Gasteiger partial charge in [0.25, 0.3) is 0 Å². The summed E-state index contributed by atoms with van der Waals surface area (Å²) in [5.74, 6) is 1.47. The van der Waals surface area contributed by atoms with Crippen LogP contribution < -0.4 is 10.1 Å². The van der Waals surface area contributed by atoms with Gasteiger partial charge >= 0.3 is 0 Å². The Labute approximate surface area is 150 Å². The van der Waals surface area contributed by atoms with E-state index in [0.29, 0.717) is 17.4 Å². The van der Waals surface area contributed by atoms with E-state index < -0.39 is 0 Å². The molecule has 1 aromatic carbocycles. The van der Waals surface area contributed by atoms with Crippen LogP contribution in [0.3, 0.4) is 0 Å². The molecular formula is C17H19ClN4OS. The SMILES string of the molecule is CCc1ncnc(NC(C)c2ccc3c(c2)N=C(SC)CO3)c1Cl. The molecule has 1 N–H and O–H groups in total. The molecule has 0 bridgehead atoms. The Morgan fingerprint density at radius 1 is 1.38 bits per heavy atom. The Morgan fingerprint density at radius 3 is 2.96 bits per heavy atom. The summed E-state index contributed by atoms with van der Waals surface area (Å²) in [6, 6.07) is 6.06. The number of nitrogens with one attached hydrogen (secondary N) is 1. The first-order chi connectivity index (χ1) is 11.6. The van der Waals surface area contributed by atoms with Gasteiger partial charge in [0, 0.05) is 0 Å². The maximum Gasteiger partial charge on any atom is 0.148 e. The molecule has 7 heteroatoms. The average molecular weight is 363 g/mol. The molecule has 0 fully saturated rings. The van der Waals surface area contributed by atoms with Crippen molar-refractivity contribution in [1.82, 2.24) is 9.97 Å². The molecule has 3 rings (SSSR count). The Kier molecular flexibility index (Phi) is 5.26. The van der Waals surface area contributed by atoms with Gasteiger partial charge in [-0.15, -0.1) is 11.8 Å². The summed E-state index contributed by atoms with van der Waals surface area (Å²) in [5.41, 5.74) is 2.80. The van der Waals surface area contributed by atoms with E-state index in [1.54, 1.807) is 11.8 Å². The number of hydrogen-bond acceptors (Lipinski definition) is 6. The van der Waals surface area contributed by atoms with Gasteiger partial charge in [0.1, 0.15) is 40.3 Å². The molecule has 24 heavy (non-hydrogen) atoms. The fourth-order valence-corrected chi connectivity index (χ4v) is 3.12. The lowest BCUT2D eigenvalue weighted by Gasteiger charge is -2.20. The summed E-state index contributed by atoms with van der Waals surface area (Å²) < 4.78 is 5.72. The van der Waals surface area contributed by atoms with Crippen LogP contribution in [-0.2, 0) is 6.42 Å². The van der Waals surface area contributed by atoms with Crippen LogP contribution in [0, 0.1) is 0 Å². The number of benzene rings is 1. The van der Waals surface area contributed by atoms with E-state index >= 15 is 0 Å². The molecule has 1 aliphatic rings. The number of aliphatic imine (C=N–C) groups is 1. The van der Waals surface area contributed by atoms with E-state index in [0.717, 1.165) is 34.2 Å².